The van der Waals surface area contributed by atoms with Gasteiger partial charge in [0.05, 0.1) is 11.1 Å². The molecule has 0 heterocycles. The molecule has 2 aliphatic rings. The minimum atomic E-state index is -0.951. The lowest BCUT2D eigenvalue weighted by molar-refractivity contribution is 0.0675. The average molecular weight is 274 g/mol. The van der Waals surface area contributed by atoms with Crippen molar-refractivity contribution in [1.82, 2.24) is 0 Å². The summed E-state index contributed by atoms with van der Waals surface area (Å²) in [4.78, 5) is 22.7. The van der Waals surface area contributed by atoms with E-state index in [0.717, 1.165) is 36.8 Å². The molecule has 0 aliphatic heterocycles. The van der Waals surface area contributed by atoms with Gasteiger partial charge >= 0.3 is 11.9 Å². The van der Waals surface area contributed by atoms with E-state index in [9.17, 15) is 19.8 Å². The van der Waals surface area contributed by atoms with Crippen LogP contribution in [-0.2, 0) is 12.8 Å². The first-order chi connectivity index (χ1) is 9.58. The Balaban J connectivity index is 2.11. The summed E-state index contributed by atoms with van der Waals surface area (Å²) in [5, 5.41) is 18.6. The van der Waals surface area contributed by atoms with Crippen LogP contribution in [0.4, 0.5) is 0 Å². The number of hydrogen-bond acceptors (Lipinski definition) is 2. The van der Waals surface area contributed by atoms with Crippen LogP contribution < -0.4 is 0 Å². The summed E-state index contributed by atoms with van der Waals surface area (Å²) in [5.74, 6) is -0.850. The van der Waals surface area contributed by atoms with Crippen molar-refractivity contribution < 1.29 is 19.8 Å². The Morgan fingerprint density at radius 3 is 1.60 bits per heavy atom. The van der Waals surface area contributed by atoms with Crippen LogP contribution in [0.5, 0.6) is 0 Å². The van der Waals surface area contributed by atoms with Crippen LogP contribution in [-0.4, -0.2) is 22.2 Å². The molecule has 4 nitrogen and oxygen atoms in total. The van der Waals surface area contributed by atoms with E-state index in [2.05, 4.69) is 0 Å². The van der Waals surface area contributed by atoms with Crippen LogP contribution in [0.25, 0.3) is 0 Å². The van der Waals surface area contributed by atoms with E-state index in [1.165, 1.54) is 25.0 Å². The third kappa shape index (κ3) is 2.09. The monoisotopic (exact) mass is 274 g/mol. The van der Waals surface area contributed by atoms with E-state index < -0.39 is 11.9 Å². The summed E-state index contributed by atoms with van der Waals surface area (Å²) in [6.45, 7) is 0. The van der Waals surface area contributed by atoms with E-state index in [0.29, 0.717) is 11.8 Å². The third-order valence-corrected chi connectivity index (χ3v) is 4.89. The zero-order chi connectivity index (χ0) is 14.3. The molecule has 2 atom stereocenters. The van der Waals surface area contributed by atoms with Crippen molar-refractivity contribution in [3.05, 3.63) is 34.4 Å². The molecule has 0 radical (unpaired) electrons. The van der Waals surface area contributed by atoms with Crippen molar-refractivity contribution in [3.8, 4) is 0 Å². The molecule has 106 valence electrons. The van der Waals surface area contributed by atoms with Crippen LogP contribution in [0.15, 0.2) is 12.1 Å². The van der Waals surface area contributed by atoms with Gasteiger partial charge in [0.2, 0.25) is 0 Å². The molecule has 0 aromatic heterocycles. The van der Waals surface area contributed by atoms with Gasteiger partial charge in [-0.05, 0) is 60.8 Å². The second-order valence-electron chi connectivity index (χ2n) is 5.94. The number of hydrogen-bond donors (Lipinski definition) is 2. The lowest BCUT2D eigenvalue weighted by Gasteiger charge is -2.37. The highest BCUT2D eigenvalue weighted by atomic mass is 16.4. The zero-order valence-corrected chi connectivity index (χ0v) is 11.3. The van der Waals surface area contributed by atoms with Gasteiger partial charge in [0, 0.05) is 0 Å². The minimum Gasteiger partial charge on any atom is -0.478 e. The lowest BCUT2D eigenvalue weighted by Crippen LogP contribution is -2.31. The Hall–Kier alpha value is -1.84. The topological polar surface area (TPSA) is 74.6 Å². The first-order valence-electron chi connectivity index (χ1n) is 7.19. The minimum absolute atomic E-state index is 0.286. The molecule has 1 aromatic rings. The molecule has 1 saturated carbocycles. The fraction of sp³-hybridized carbons (Fsp3) is 0.500. The molecule has 3 rings (SSSR count). The van der Waals surface area contributed by atoms with Gasteiger partial charge in [-0.3, -0.25) is 0 Å². The summed E-state index contributed by atoms with van der Waals surface area (Å²) >= 11 is 0. The van der Waals surface area contributed by atoms with Crippen LogP contribution in [0.3, 0.4) is 0 Å². The van der Waals surface area contributed by atoms with Gasteiger partial charge in [0.25, 0.3) is 0 Å². The van der Waals surface area contributed by atoms with E-state index in [4.69, 9.17) is 0 Å². The third-order valence-electron chi connectivity index (χ3n) is 4.89. The van der Waals surface area contributed by atoms with Crippen LogP contribution in [0.2, 0.25) is 0 Å². The van der Waals surface area contributed by atoms with Crippen molar-refractivity contribution in [2.45, 2.75) is 38.5 Å². The van der Waals surface area contributed by atoms with Gasteiger partial charge in [-0.2, -0.15) is 0 Å². The standard InChI is InChI=1S/C16H18O4/c17-15(18)11-5-6-12(16(19)20)14-8-10-4-2-1-3-9(10)7-13(11)14/h5-6,9-10H,1-4,7-8H2,(H,17,18)(H,19,20). The van der Waals surface area contributed by atoms with Crippen molar-refractivity contribution in [3.63, 3.8) is 0 Å². The van der Waals surface area contributed by atoms with Crippen LogP contribution in [0, 0.1) is 11.8 Å². The van der Waals surface area contributed by atoms with E-state index in [1.807, 2.05) is 0 Å². The number of carbonyl (C=O) groups is 2. The summed E-state index contributed by atoms with van der Waals surface area (Å²) in [7, 11) is 0. The fourth-order valence-corrected chi connectivity index (χ4v) is 3.91. The van der Waals surface area contributed by atoms with E-state index >= 15 is 0 Å². The molecule has 0 spiro atoms. The molecule has 2 N–H and O–H groups in total. The van der Waals surface area contributed by atoms with Gasteiger partial charge in [-0.1, -0.05) is 12.8 Å². The molecule has 20 heavy (non-hydrogen) atoms. The zero-order valence-electron chi connectivity index (χ0n) is 11.3. The number of benzene rings is 1. The van der Waals surface area contributed by atoms with Gasteiger partial charge in [0.15, 0.2) is 0 Å². The smallest absolute Gasteiger partial charge is 0.335 e. The average Bonchev–Trinajstić information content (AvgIpc) is 2.43. The molecular formula is C16H18O4. The van der Waals surface area contributed by atoms with Crippen LogP contribution >= 0.6 is 0 Å². The summed E-state index contributed by atoms with van der Waals surface area (Å²) < 4.78 is 0. The number of rotatable bonds is 2. The second-order valence-corrected chi connectivity index (χ2v) is 5.94. The molecule has 1 aromatic carbocycles. The SMILES string of the molecule is O=C(O)c1ccc(C(=O)O)c2c1CC1CCCCC1C2. The highest BCUT2D eigenvalue weighted by Crippen LogP contribution is 2.41. The first kappa shape index (κ1) is 13.2. The van der Waals surface area contributed by atoms with E-state index in [-0.39, 0.29) is 11.1 Å². The quantitative estimate of drug-likeness (QED) is 0.869. The highest BCUT2D eigenvalue weighted by molar-refractivity contribution is 5.95. The van der Waals surface area contributed by atoms with Crippen molar-refractivity contribution >= 4 is 11.9 Å². The second kappa shape index (κ2) is 4.93. The molecule has 4 heteroatoms. The number of fused-ring (bicyclic) bond motifs is 2. The number of aromatic carboxylic acids is 2. The fourth-order valence-electron chi connectivity index (χ4n) is 3.91. The van der Waals surface area contributed by atoms with Crippen molar-refractivity contribution in [1.29, 1.82) is 0 Å². The van der Waals surface area contributed by atoms with Crippen molar-refractivity contribution in [2.75, 3.05) is 0 Å². The Kier molecular flexibility index (Phi) is 3.24. The Morgan fingerprint density at radius 1 is 0.850 bits per heavy atom. The molecule has 0 saturated heterocycles. The van der Waals surface area contributed by atoms with Gasteiger partial charge in [0.1, 0.15) is 0 Å². The Morgan fingerprint density at radius 2 is 1.25 bits per heavy atom. The van der Waals surface area contributed by atoms with Crippen LogP contribution in [0.1, 0.15) is 57.5 Å². The van der Waals surface area contributed by atoms with Gasteiger partial charge in [-0.25, -0.2) is 9.59 Å². The van der Waals surface area contributed by atoms with Crippen molar-refractivity contribution in [2.24, 2.45) is 11.8 Å². The van der Waals surface area contributed by atoms with Gasteiger partial charge < -0.3 is 10.2 Å². The molecule has 2 unspecified atom stereocenters. The Bertz CT molecular complexity index is 525. The predicted molar refractivity (Wildman–Crippen MR) is 73.2 cm³/mol. The summed E-state index contributed by atoms with van der Waals surface area (Å²) in [6, 6.07) is 2.90. The molecular weight excluding hydrogens is 256 g/mol. The maximum absolute atomic E-state index is 11.4. The van der Waals surface area contributed by atoms with Gasteiger partial charge in [-0.15, -0.1) is 0 Å². The molecule has 2 aliphatic carbocycles. The summed E-state index contributed by atoms with van der Waals surface area (Å²) in [6.07, 6.45) is 6.14. The molecule has 0 bridgehead atoms. The Labute approximate surface area is 117 Å². The summed E-state index contributed by atoms with van der Waals surface area (Å²) in [5.41, 5.74) is 2.10. The molecule has 1 fully saturated rings. The molecule has 0 amide bonds. The lowest BCUT2D eigenvalue weighted by atomic mass is 9.67. The van der Waals surface area contributed by atoms with E-state index in [1.54, 1.807) is 0 Å². The number of carboxylic acids is 2. The largest absolute Gasteiger partial charge is 0.478 e. The maximum Gasteiger partial charge on any atom is 0.335 e. The normalized spacial score (nSPS) is 24.6. The maximum atomic E-state index is 11.4. The number of carboxylic acid groups (broad SMARTS) is 2. The highest BCUT2D eigenvalue weighted by Gasteiger charge is 2.34. The first-order valence-corrected chi connectivity index (χ1v) is 7.19. The predicted octanol–water partition coefficient (Wildman–Crippen LogP) is 2.99.